The Morgan fingerprint density at radius 2 is 1.90 bits per heavy atom. The number of aliphatic hydroxyl groups excluding tert-OH is 2. The number of ether oxygens (including phenoxy) is 1. The van der Waals surface area contributed by atoms with E-state index < -0.39 is 0 Å². The van der Waals surface area contributed by atoms with Crippen molar-refractivity contribution in [3.63, 3.8) is 0 Å². The molecule has 114 valence electrons. The monoisotopic (exact) mass is 310 g/mol. The highest BCUT2D eigenvalue weighted by molar-refractivity contribution is 6.30. The van der Waals surface area contributed by atoms with Crippen LogP contribution in [0.5, 0.6) is 5.75 Å². The van der Waals surface area contributed by atoms with Gasteiger partial charge in [-0.2, -0.15) is 0 Å². The maximum absolute atomic E-state index is 9.05. The van der Waals surface area contributed by atoms with Crippen LogP contribution in [0.3, 0.4) is 0 Å². The molecule has 0 bridgehead atoms. The molecule has 2 N–H and O–H groups in total. The average Bonchev–Trinajstić information content (AvgIpc) is 2.48. The highest BCUT2D eigenvalue weighted by Crippen LogP contribution is 2.25. The molecule has 2 aromatic rings. The minimum absolute atomic E-state index is 0.0375. The molecule has 0 unspecified atom stereocenters. The van der Waals surface area contributed by atoms with Crippen molar-refractivity contribution in [2.24, 2.45) is 0 Å². The van der Waals surface area contributed by atoms with Crippen LogP contribution in [0.1, 0.15) is 5.56 Å². The molecule has 0 saturated carbocycles. The van der Waals surface area contributed by atoms with E-state index in [4.69, 9.17) is 26.6 Å². The van der Waals surface area contributed by atoms with Gasteiger partial charge in [0.2, 0.25) is 0 Å². The summed E-state index contributed by atoms with van der Waals surface area (Å²) in [6.45, 7) is 1.58. The number of aliphatic hydroxyl groups is 2. The Hall–Kier alpha value is -1.40. The van der Waals surface area contributed by atoms with Gasteiger partial charge >= 0.3 is 0 Å². The Labute approximate surface area is 128 Å². The molecular formula is C15H19ClN2O3. The molecule has 0 aliphatic heterocycles. The number of methoxy groups -OCH3 is 1. The number of benzene rings is 1. The average molecular weight is 311 g/mol. The third-order valence-corrected chi connectivity index (χ3v) is 3.60. The zero-order valence-electron chi connectivity index (χ0n) is 11.9. The molecule has 5 nitrogen and oxygen atoms in total. The number of pyridine rings is 1. The van der Waals surface area contributed by atoms with Crippen LogP contribution in [0.15, 0.2) is 24.3 Å². The van der Waals surface area contributed by atoms with Gasteiger partial charge in [-0.3, -0.25) is 4.90 Å². The molecule has 0 amide bonds. The number of hydrogen-bond donors (Lipinski definition) is 2. The minimum Gasteiger partial charge on any atom is -0.497 e. The summed E-state index contributed by atoms with van der Waals surface area (Å²) < 4.78 is 5.17. The third kappa shape index (κ3) is 4.04. The van der Waals surface area contributed by atoms with Crippen LogP contribution >= 0.6 is 11.6 Å². The topological polar surface area (TPSA) is 65.8 Å². The first-order valence-electron chi connectivity index (χ1n) is 6.75. The van der Waals surface area contributed by atoms with Gasteiger partial charge in [-0.05, 0) is 18.2 Å². The fourth-order valence-electron chi connectivity index (χ4n) is 2.20. The quantitative estimate of drug-likeness (QED) is 0.762. The minimum atomic E-state index is 0.0375. The predicted molar refractivity (Wildman–Crippen MR) is 82.8 cm³/mol. The van der Waals surface area contributed by atoms with Crippen molar-refractivity contribution >= 4 is 22.5 Å². The molecule has 0 fully saturated rings. The van der Waals surface area contributed by atoms with Crippen molar-refractivity contribution < 1.29 is 14.9 Å². The fourth-order valence-corrected chi connectivity index (χ4v) is 2.40. The molecule has 0 atom stereocenters. The summed E-state index contributed by atoms with van der Waals surface area (Å²) in [7, 11) is 1.61. The highest BCUT2D eigenvalue weighted by atomic mass is 35.5. The molecule has 2 rings (SSSR count). The smallest absolute Gasteiger partial charge is 0.134 e. The summed E-state index contributed by atoms with van der Waals surface area (Å²) >= 11 is 6.24. The first kappa shape index (κ1) is 16.0. The predicted octanol–water partition coefficient (Wildman–Crippen LogP) is 1.68. The van der Waals surface area contributed by atoms with Crippen molar-refractivity contribution in [2.45, 2.75) is 6.54 Å². The molecule has 1 heterocycles. The normalized spacial score (nSPS) is 11.3. The molecule has 1 aromatic carbocycles. The molecular weight excluding hydrogens is 292 g/mol. The molecule has 1 aromatic heterocycles. The molecule has 21 heavy (non-hydrogen) atoms. The molecule has 0 saturated heterocycles. The van der Waals surface area contributed by atoms with Crippen molar-refractivity contribution in [3.8, 4) is 5.75 Å². The van der Waals surface area contributed by atoms with E-state index in [0.717, 1.165) is 22.2 Å². The maximum atomic E-state index is 9.05. The van der Waals surface area contributed by atoms with Gasteiger partial charge in [0.05, 0.1) is 25.8 Å². The summed E-state index contributed by atoms with van der Waals surface area (Å²) in [6, 6.07) is 7.63. The lowest BCUT2D eigenvalue weighted by Crippen LogP contribution is -2.29. The molecule has 0 aliphatic rings. The van der Waals surface area contributed by atoms with E-state index in [1.165, 1.54) is 0 Å². The van der Waals surface area contributed by atoms with Crippen LogP contribution in [-0.4, -0.2) is 53.5 Å². The summed E-state index contributed by atoms with van der Waals surface area (Å²) in [4.78, 5) is 6.32. The van der Waals surface area contributed by atoms with Gasteiger partial charge in [-0.1, -0.05) is 11.6 Å². The van der Waals surface area contributed by atoms with Crippen molar-refractivity contribution in [1.82, 2.24) is 9.88 Å². The second-order valence-electron chi connectivity index (χ2n) is 4.72. The van der Waals surface area contributed by atoms with Gasteiger partial charge in [0.15, 0.2) is 0 Å². The summed E-state index contributed by atoms with van der Waals surface area (Å²) in [5.41, 5.74) is 1.65. The Morgan fingerprint density at radius 3 is 2.52 bits per heavy atom. The fraction of sp³-hybridized carbons (Fsp3) is 0.400. The largest absolute Gasteiger partial charge is 0.497 e. The van der Waals surface area contributed by atoms with E-state index in [1.54, 1.807) is 7.11 Å². The van der Waals surface area contributed by atoms with E-state index in [2.05, 4.69) is 4.98 Å². The third-order valence-electron chi connectivity index (χ3n) is 3.28. The lowest BCUT2D eigenvalue weighted by Gasteiger charge is -2.20. The number of rotatable bonds is 7. The number of hydrogen-bond acceptors (Lipinski definition) is 5. The SMILES string of the molecule is COc1ccc2cc(CN(CCO)CCO)c(Cl)nc2c1. The Morgan fingerprint density at radius 1 is 1.19 bits per heavy atom. The van der Waals surface area contributed by atoms with E-state index in [9.17, 15) is 0 Å². The summed E-state index contributed by atoms with van der Waals surface area (Å²) in [5, 5.41) is 19.5. The van der Waals surface area contributed by atoms with Gasteiger partial charge in [0.1, 0.15) is 10.9 Å². The van der Waals surface area contributed by atoms with Crippen LogP contribution in [0, 0.1) is 0 Å². The van der Waals surface area contributed by atoms with Crippen LogP contribution in [0.2, 0.25) is 5.15 Å². The van der Waals surface area contributed by atoms with Crippen LogP contribution in [0.25, 0.3) is 10.9 Å². The Balaban J connectivity index is 2.29. The van der Waals surface area contributed by atoms with Crippen molar-refractivity contribution in [3.05, 3.63) is 35.0 Å². The van der Waals surface area contributed by atoms with Crippen molar-refractivity contribution in [2.75, 3.05) is 33.4 Å². The van der Waals surface area contributed by atoms with Gasteiger partial charge in [-0.25, -0.2) is 4.98 Å². The van der Waals surface area contributed by atoms with E-state index >= 15 is 0 Å². The first-order valence-corrected chi connectivity index (χ1v) is 7.13. The maximum Gasteiger partial charge on any atom is 0.134 e. The summed E-state index contributed by atoms with van der Waals surface area (Å²) in [6.07, 6.45) is 0. The second-order valence-corrected chi connectivity index (χ2v) is 5.08. The Bertz CT molecular complexity index is 601. The molecule has 0 aliphatic carbocycles. The molecule has 0 radical (unpaired) electrons. The van der Waals surface area contributed by atoms with Gasteiger partial charge in [0, 0.05) is 36.7 Å². The van der Waals surface area contributed by atoms with E-state index in [1.807, 2.05) is 29.2 Å². The lowest BCUT2D eigenvalue weighted by atomic mass is 10.1. The summed E-state index contributed by atoms with van der Waals surface area (Å²) in [5.74, 6) is 0.737. The number of aromatic nitrogens is 1. The van der Waals surface area contributed by atoms with Gasteiger partial charge in [-0.15, -0.1) is 0 Å². The standard InChI is InChI=1S/C15H19ClN2O3/c1-21-13-3-2-11-8-12(15(16)17-14(11)9-13)10-18(4-6-19)5-7-20/h2-3,8-9,19-20H,4-7,10H2,1H3. The zero-order chi connectivity index (χ0) is 15.2. The second kappa shape index (κ2) is 7.56. The number of fused-ring (bicyclic) bond motifs is 1. The van der Waals surface area contributed by atoms with Gasteiger partial charge in [0.25, 0.3) is 0 Å². The van der Waals surface area contributed by atoms with Crippen LogP contribution < -0.4 is 4.74 Å². The van der Waals surface area contributed by atoms with E-state index in [0.29, 0.717) is 24.8 Å². The first-order chi connectivity index (χ1) is 10.2. The lowest BCUT2D eigenvalue weighted by molar-refractivity contribution is 0.156. The van der Waals surface area contributed by atoms with E-state index in [-0.39, 0.29) is 13.2 Å². The van der Waals surface area contributed by atoms with Crippen molar-refractivity contribution in [1.29, 1.82) is 0 Å². The number of nitrogens with zero attached hydrogens (tertiary/aromatic N) is 2. The molecule has 6 heteroatoms. The zero-order valence-corrected chi connectivity index (χ0v) is 12.7. The number of halogens is 1. The Kier molecular flexibility index (Phi) is 5.76. The highest BCUT2D eigenvalue weighted by Gasteiger charge is 2.10. The van der Waals surface area contributed by atoms with Gasteiger partial charge < -0.3 is 14.9 Å². The van der Waals surface area contributed by atoms with Crippen LogP contribution in [0.4, 0.5) is 0 Å². The molecule has 0 spiro atoms. The van der Waals surface area contributed by atoms with Crippen LogP contribution in [-0.2, 0) is 6.54 Å².